The number of halogens is 2. The van der Waals surface area contributed by atoms with Crippen LogP contribution in [0.1, 0.15) is 41.5 Å². The molecule has 0 unspecified atom stereocenters. The van der Waals surface area contributed by atoms with Crippen LogP contribution in [0.5, 0.6) is 0 Å². The molecule has 7 nitrogen and oxygen atoms in total. The summed E-state index contributed by atoms with van der Waals surface area (Å²) in [5, 5.41) is 3.24. The third-order valence-corrected chi connectivity index (χ3v) is 4.29. The Labute approximate surface area is 190 Å². The molecule has 0 aliphatic heterocycles. The zero-order valence-electron chi connectivity index (χ0n) is 18.7. The van der Waals surface area contributed by atoms with Gasteiger partial charge in [0.25, 0.3) is 0 Å². The van der Waals surface area contributed by atoms with Crippen LogP contribution in [0.25, 0.3) is 22.3 Å². The number of hydrogen-bond acceptors (Lipinski definition) is 5. The lowest BCUT2D eigenvalue weighted by Crippen LogP contribution is -2.28. The van der Waals surface area contributed by atoms with Gasteiger partial charge in [0, 0.05) is 5.39 Å². The van der Waals surface area contributed by atoms with Gasteiger partial charge >= 0.3 is 12.2 Å². The molecule has 0 spiro atoms. The van der Waals surface area contributed by atoms with Gasteiger partial charge in [0.05, 0.1) is 16.9 Å². The smallest absolute Gasteiger partial charge is 0.419 e. The Balaban J connectivity index is 2.19. The number of nitrogens with one attached hydrogen (secondary N) is 1. The van der Waals surface area contributed by atoms with E-state index < -0.39 is 29.2 Å². The molecule has 32 heavy (non-hydrogen) atoms. The van der Waals surface area contributed by atoms with Gasteiger partial charge in [-0.05, 0) is 77.9 Å². The van der Waals surface area contributed by atoms with Gasteiger partial charge in [-0.3, -0.25) is 5.32 Å². The quantitative estimate of drug-likeness (QED) is 0.433. The van der Waals surface area contributed by atoms with Crippen molar-refractivity contribution in [3.05, 3.63) is 47.4 Å². The van der Waals surface area contributed by atoms with Crippen LogP contribution >= 0.6 is 11.6 Å². The molecule has 0 fully saturated rings. The number of hydrogen-bond donors (Lipinski definition) is 1. The van der Waals surface area contributed by atoms with E-state index in [4.69, 9.17) is 21.1 Å². The van der Waals surface area contributed by atoms with E-state index in [0.29, 0.717) is 10.9 Å². The Kier molecular flexibility index (Phi) is 6.20. The number of benzene rings is 1. The van der Waals surface area contributed by atoms with Crippen molar-refractivity contribution in [2.24, 2.45) is 0 Å². The van der Waals surface area contributed by atoms with Crippen molar-refractivity contribution in [2.75, 3.05) is 5.32 Å². The van der Waals surface area contributed by atoms with Crippen molar-refractivity contribution >= 4 is 40.4 Å². The van der Waals surface area contributed by atoms with Crippen molar-refractivity contribution in [1.29, 1.82) is 0 Å². The van der Waals surface area contributed by atoms with E-state index in [9.17, 15) is 14.0 Å². The number of rotatable bonds is 2. The first kappa shape index (κ1) is 23.5. The van der Waals surface area contributed by atoms with Gasteiger partial charge < -0.3 is 9.47 Å². The molecule has 1 amide bonds. The molecule has 1 N–H and O–H groups in total. The number of nitrogens with zero attached hydrogens (tertiary/aromatic N) is 2. The standard InChI is InChI=1S/C23H25ClFN3O4/c1-22(2,3)31-20(29)26-15-8-10-18(24)27-19(15)17-12-13-11-14(25)7-9-16(13)28(17)21(30)32-23(4,5)6/h7-12H,1-6H3,(H,26,29). The van der Waals surface area contributed by atoms with E-state index in [0.717, 1.165) is 0 Å². The van der Waals surface area contributed by atoms with Crippen LogP contribution in [0.15, 0.2) is 36.4 Å². The fraction of sp³-hybridized carbons (Fsp3) is 0.348. The summed E-state index contributed by atoms with van der Waals surface area (Å²) in [6.45, 7) is 10.4. The summed E-state index contributed by atoms with van der Waals surface area (Å²) in [4.78, 5) is 29.8. The fourth-order valence-electron chi connectivity index (χ4n) is 3.01. The summed E-state index contributed by atoms with van der Waals surface area (Å²) in [6.07, 6.45) is -1.38. The van der Waals surface area contributed by atoms with Gasteiger partial charge in [0.1, 0.15) is 27.9 Å². The topological polar surface area (TPSA) is 82.5 Å². The summed E-state index contributed by atoms with van der Waals surface area (Å²) in [7, 11) is 0. The molecule has 0 bridgehead atoms. The fourth-order valence-corrected chi connectivity index (χ4v) is 3.16. The lowest BCUT2D eigenvalue weighted by Gasteiger charge is -2.22. The van der Waals surface area contributed by atoms with Crippen LogP contribution in [0.3, 0.4) is 0 Å². The van der Waals surface area contributed by atoms with Crippen LogP contribution < -0.4 is 5.32 Å². The minimum atomic E-state index is -0.773. The van der Waals surface area contributed by atoms with Crippen LogP contribution in [-0.4, -0.2) is 32.9 Å². The van der Waals surface area contributed by atoms with Crippen LogP contribution in [0, 0.1) is 5.82 Å². The zero-order chi connectivity index (χ0) is 23.8. The van der Waals surface area contributed by atoms with Crippen LogP contribution in [0.2, 0.25) is 5.15 Å². The van der Waals surface area contributed by atoms with Crippen molar-refractivity contribution in [3.63, 3.8) is 0 Å². The zero-order valence-corrected chi connectivity index (χ0v) is 19.5. The molecular weight excluding hydrogens is 437 g/mol. The highest BCUT2D eigenvalue weighted by molar-refractivity contribution is 6.29. The van der Waals surface area contributed by atoms with Crippen LogP contribution in [-0.2, 0) is 9.47 Å². The lowest BCUT2D eigenvalue weighted by molar-refractivity contribution is 0.0546. The Morgan fingerprint density at radius 2 is 1.66 bits per heavy atom. The molecule has 1 aromatic carbocycles. The van der Waals surface area contributed by atoms with Gasteiger partial charge in [0.15, 0.2) is 0 Å². The highest BCUT2D eigenvalue weighted by atomic mass is 35.5. The molecule has 9 heteroatoms. The highest BCUT2D eigenvalue weighted by Gasteiger charge is 2.26. The average Bonchev–Trinajstić information content (AvgIpc) is 2.98. The second-order valence-corrected chi connectivity index (χ2v) is 9.59. The van der Waals surface area contributed by atoms with E-state index in [1.165, 1.54) is 28.8 Å². The number of ether oxygens (including phenoxy) is 2. The minimum absolute atomic E-state index is 0.141. The highest BCUT2D eigenvalue weighted by Crippen LogP contribution is 2.34. The van der Waals surface area contributed by atoms with Crippen LogP contribution in [0.4, 0.5) is 19.7 Å². The molecule has 0 saturated heterocycles. The van der Waals surface area contributed by atoms with E-state index in [-0.39, 0.29) is 22.2 Å². The molecule has 2 heterocycles. The largest absolute Gasteiger partial charge is 0.444 e. The third-order valence-electron chi connectivity index (χ3n) is 4.08. The predicted octanol–water partition coefficient (Wildman–Crippen LogP) is 6.63. The predicted molar refractivity (Wildman–Crippen MR) is 122 cm³/mol. The number of amides is 1. The van der Waals surface area contributed by atoms with Gasteiger partial charge in [-0.25, -0.2) is 23.5 Å². The minimum Gasteiger partial charge on any atom is -0.444 e. The van der Waals surface area contributed by atoms with E-state index in [1.54, 1.807) is 53.7 Å². The van der Waals surface area contributed by atoms with Gasteiger partial charge in [-0.1, -0.05) is 11.6 Å². The summed E-state index contributed by atoms with van der Waals surface area (Å²) >= 11 is 6.13. The first-order chi connectivity index (χ1) is 14.7. The normalized spacial score (nSPS) is 12.0. The van der Waals surface area contributed by atoms with Gasteiger partial charge in [0.2, 0.25) is 0 Å². The van der Waals surface area contributed by atoms with Gasteiger partial charge in [-0.2, -0.15) is 0 Å². The van der Waals surface area contributed by atoms with E-state index >= 15 is 0 Å². The third kappa shape index (κ3) is 5.56. The van der Waals surface area contributed by atoms with Crippen molar-refractivity contribution in [1.82, 2.24) is 9.55 Å². The Bertz CT molecular complexity index is 1190. The number of fused-ring (bicyclic) bond motifs is 1. The molecular formula is C23H25ClFN3O4. The summed E-state index contributed by atoms with van der Waals surface area (Å²) in [6, 6.07) is 8.65. The molecule has 0 atom stereocenters. The summed E-state index contributed by atoms with van der Waals surface area (Å²) in [5.41, 5.74) is -0.339. The number of aromatic nitrogens is 2. The number of carbonyl (C=O) groups excluding carboxylic acids is 2. The lowest BCUT2D eigenvalue weighted by atomic mass is 10.2. The summed E-state index contributed by atoms with van der Waals surface area (Å²) in [5.74, 6) is -0.462. The Morgan fingerprint density at radius 3 is 2.28 bits per heavy atom. The molecule has 3 aromatic rings. The Hall–Kier alpha value is -3.13. The number of carbonyl (C=O) groups is 2. The number of anilines is 1. The second-order valence-electron chi connectivity index (χ2n) is 9.21. The average molecular weight is 462 g/mol. The van der Waals surface area contributed by atoms with Gasteiger partial charge in [-0.15, -0.1) is 0 Å². The molecule has 2 aromatic heterocycles. The maximum absolute atomic E-state index is 13.9. The second kappa shape index (κ2) is 8.43. The first-order valence-corrected chi connectivity index (χ1v) is 10.3. The number of pyridine rings is 1. The van der Waals surface area contributed by atoms with E-state index in [2.05, 4.69) is 10.3 Å². The van der Waals surface area contributed by atoms with Crippen molar-refractivity contribution in [3.8, 4) is 11.4 Å². The molecule has 170 valence electrons. The van der Waals surface area contributed by atoms with E-state index in [1.807, 2.05) is 0 Å². The Morgan fingerprint density at radius 1 is 1.00 bits per heavy atom. The molecule has 3 rings (SSSR count). The first-order valence-electron chi connectivity index (χ1n) is 9.95. The maximum Gasteiger partial charge on any atom is 0.419 e. The summed E-state index contributed by atoms with van der Waals surface area (Å²) < 4.78 is 26.0. The monoisotopic (exact) mass is 461 g/mol. The molecule has 0 saturated carbocycles. The SMILES string of the molecule is CC(C)(C)OC(=O)Nc1ccc(Cl)nc1-c1cc2cc(F)ccc2n1C(=O)OC(C)(C)C. The van der Waals surface area contributed by atoms with Crippen molar-refractivity contribution < 1.29 is 23.5 Å². The molecule has 0 aliphatic rings. The van der Waals surface area contributed by atoms with Crippen molar-refractivity contribution in [2.45, 2.75) is 52.7 Å². The molecule has 0 aliphatic carbocycles. The maximum atomic E-state index is 13.9. The molecule has 0 radical (unpaired) electrons.